The fourth-order valence-electron chi connectivity index (χ4n) is 2.68. The molecule has 1 rings (SSSR count). The third-order valence-electron chi connectivity index (χ3n) is 3.98. The maximum absolute atomic E-state index is 12.1. The molecule has 0 aromatic carbocycles. The highest BCUT2D eigenvalue weighted by Crippen LogP contribution is 2.32. The molecule has 0 radical (unpaired) electrons. The van der Waals surface area contributed by atoms with Crippen LogP contribution in [0.5, 0.6) is 0 Å². The Hall–Kier alpha value is -0.240. The van der Waals surface area contributed by atoms with Gasteiger partial charge in [-0.2, -0.15) is 0 Å². The number of alkyl halides is 1. The number of rotatable bonds is 6. The largest absolute Gasteiger partial charge is 0.350 e. The summed E-state index contributed by atoms with van der Waals surface area (Å²) in [6, 6.07) is 0. The van der Waals surface area contributed by atoms with Crippen LogP contribution in [0, 0.1) is 11.8 Å². The molecule has 3 heteroatoms. The fourth-order valence-corrected chi connectivity index (χ4v) is 2.74. The summed E-state index contributed by atoms with van der Waals surface area (Å²) in [5.74, 6) is 1.74. The zero-order chi connectivity index (χ0) is 13.6. The van der Waals surface area contributed by atoms with Crippen molar-refractivity contribution in [2.24, 2.45) is 11.8 Å². The number of hydrogen-bond acceptors (Lipinski definition) is 1. The monoisotopic (exact) mass is 273 g/mol. The molecule has 0 aliphatic heterocycles. The van der Waals surface area contributed by atoms with E-state index in [4.69, 9.17) is 11.6 Å². The van der Waals surface area contributed by atoms with Crippen molar-refractivity contribution >= 4 is 17.5 Å². The lowest BCUT2D eigenvalue weighted by molar-refractivity contribution is -0.127. The standard InChI is InChI=1S/C15H28ClNO/c1-4-5-6-12-7-9-13(10-8-12)14(18)17-15(2,3)11-16/h12-13H,4-11H2,1-3H3,(H,17,18). The van der Waals surface area contributed by atoms with Gasteiger partial charge in [-0.05, 0) is 45.4 Å². The number of carbonyl (C=O) groups is 1. The summed E-state index contributed by atoms with van der Waals surface area (Å²) < 4.78 is 0. The number of hydrogen-bond donors (Lipinski definition) is 1. The normalized spacial score (nSPS) is 24.9. The van der Waals surface area contributed by atoms with Crippen molar-refractivity contribution < 1.29 is 4.79 Å². The van der Waals surface area contributed by atoms with Gasteiger partial charge < -0.3 is 5.32 Å². The Morgan fingerprint density at radius 3 is 2.39 bits per heavy atom. The SMILES string of the molecule is CCCCC1CCC(C(=O)NC(C)(C)CCl)CC1. The number of nitrogens with one attached hydrogen (secondary N) is 1. The minimum Gasteiger partial charge on any atom is -0.350 e. The molecule has 2 nitrogen and oxygen atoms in total. The number of amides is 1. The minimum atomic E-state index is -0.280. The molecule has 0 bridgehead atoms. The van der Waals surface area contributed by atoms with Gasteiger partial charge in [0.15, 0.2) is 0 Å². The van der Waals surface area contributed by atoms with E-state index in [1.165, 1.54) is 32.1 Å². The van der Waals surface area contributed by atoms with Crippen LogP contribution in [-0.4, -0.2) is 17.3 Å². The highest BCUT2D eigenvalue weighted by molar-refractivity contribution is 6.18. The van der Waals surface area contributed by atoms with Crippen LogP contribution in [0.2, 0.25) is 0 Å². The number of halogens is 1. The highest BCUT2D eigenvalue weighted by atomic mass is 35.5. The summed E-state index contributed by atoms with van der Waals surface area (Å²) in [7, 11) is 0. The highest BCUT2D eigenvalue weighted by Gasteiger charge is 2.29. The van der Waals surface area contributed by atoms with E-state index in [0.717, 1.165) is 18.8 Å². The van der Waals surface area contributed by atoms with E-state index < -0.39 is 0 Å². The first-order valence-corrected chi connectivity index (χ1v) is 7.90. The molecule has 0 aromatic heterocycles. The van der Waals surface area contributed by atoms with Gasteiger partial charge in [-0.1, -0.05) is 26.2 Å². The molecule has 1 aliphatic rings. The third kappa shape index (κ3) is 5.17. The third-order valence-corrected chi connectivity index (χ3v) is 4.65. The van der Waals surface area contributed by atoms with Crippen LogP contribution in [0.25, 0.3) is 0 Å². The molecule has 106 valence electrons. The molecule has 0 spiro atoms. The molecule has 1 fully saturated rings. The van der Waals surface area contributed by atoms with Crippen molar-refractivity contribution in [3.05, 3.63) is 0 Å². The van der Waals surface area contributed by atoms with Gasteiger partial charge in [-0.3, -0.25) is 4.79 Å². The molecule has 1 amide bonds. The lowest BCUT2D eigenvalue weighted by Gasteiger charge is -2.31. The molecular formula is C15H28ClNO. The maximum Gasteiger partial charge on any atom is 0.223 e. The molecule has 1 aliphatic carbocycles. The summed E-state index contributed by atoms with van der Waals surface area (Å²) in [6.07, 6.45) is 8.51. The van der Waals surface area contributed by atoms with Crippen molar-refractivity contribution in [3.63, 3.8) is 0 Å². The van der Waals surface area contributed by atoms with Gasteiger partial charge in [0, 0.05) is 17.3 Å². The topological polar surface area (TPSA) is 29.1 Å². The zero-order valence-electron chi connectivity index (χ0n) is 12.1. The van der Waals surface area contributed by atoms with E-state index in [0.29, 0.717) is 5.88 Å². The van der Waals surface area contributed by atoms with Crippen LogP contribution >= 0.6 is 11.6 Å². The van der Waals surface area contributed by atoms with Crippen molar-refractivity contribution in [3.8, 4) is 0 Å². The van der Waals surface area contributed by atoms with E-state index in [1.54, 1.807) is 0 Å². The lowest BCUT2D eigenvalue weighted by Crippen LogP contribution is -2.48. The van der Waals surface area contributed by atoms with Gasteiger partial charge in [-0.15, -0.1) is 11.6 Å². The molecule has 18 heavy (non-hydrogen) atoms. The summed E-state index contributed by atoms with van der Waals surface area (Å²) >= 11 is 5.84. The molecule has 1 N–H and O–H groups in total. The van der Waals surface area contributed by atoms with Gasteiger partial charge in [0.1, 0.15) is 0 Å². The minimum absolute atomic E-state index is 0.203. The molecular weight excluding hydrogens is 246 g/mol. The van der Waals surface area contributed by atoms with Crippen molar-refractivity contribution in [2.45, 2.75) is 71.3 Å². The number of unbranched alkanes of at least 4 members (excludes halogenated alkanes) is 1. The van der Waals surface area contributed by atoms with Crippen molar-refractivity contribution in [2.75, 3.05) is 5.88 Å². The summed E-state index contributed by atoms with van der Waals surface area (Å²) in [5, 5.41) is 3.06. The quantitative estimate of drug-likeness (QED) is 0.725. The van der Waals surface area contributed by atoms with Crippen molar-refractivity contribution in [1.29, 1.82) is 0 Å². The zero-order valence-corrected chi connectivity index (χ0v) is 12.9. The Labute approximate surface area is 117 Å². The van der Waals surface area contributed by atoms with Crippen LogP contribution in [0.4, 0.5) is 0 Å². The maximum atomic E-state index is 12.1. The first-order valence-electron chi connectivity index (χ1n) is 7.36. The van der Waals surface area contributed by atoms with Crippen LogP contribution in [0.1, 0.15) is 65.7 Å². The molecule has 0 atom stereocenters. The second-order valence-electron chi connectivity index (χ2n) is 6.37. The lowest BCUT2D eigenvalue weighted by atomic mass is 9.79. The van der Waals surface area contributed by atoms with Crippen LogP contribution < -0.4 is 5.32 Å². The van der Waals surface area contributed by atoms with E-state index >= 15 is 0 Å². The van der Waals surface area contributed by atoms with Crippen LogP contribution in [-0.2, 0) is 4.79 Å². The molecule has 1 saturated carbocycles. The number of carbonyl (C=O) groups excluding carboxylic acids is 1. The molecule has 0 saturated heterocycles. The molecule has 0 heterocycles. The second-order valence-corrected chi connectivity index (χ2v) is 6.63. The molecule has 0 unspecified atom stereocenters. The van der Waals surface area contributed by atoms with Gasteiger partial charge >= 0.3 is 0 Å². The Kier molecular flexibility index (Phi) is 6.48. The first-order chi connectivity index (χ1) is 8.48. The van der Waals surface area contributed by atoms with Gasteiger partial charge in [0.25, 0.3) is 0 Å². The Bertz CT molecular complexity index is 257. The van der Waals surface area contributed by atoms with Crippen molar-refractivity contribution in [1.82, 2.24) is 5.32 Å². The van der Waals surface area contributed by atoms with E-state index in [1.807, 2.05) is 13.8 Å². The predicted molar refractivity (Wildman–Crippen MR) is 77.9 cm³/mol. The smallest absolute Gasteiger partial charge is 0.223 e. The van der Waals surface area contributed by atoms with Gasteiger partial charge in [0.2, 0.25) is 5.91 Å². The summed E-state index contributed by atoms with van der Waals surface area (Å²) in [5.41, 5.74) is -0.280. The van der Waals surface area contributed by atoms with E-state index in [-0.39, 0.29) is 17.4 Å². The Morgan fingerprint density at radius 2 is 1.89 bits per heavy atom. The van der Waals surface area contributed by atoms with Crippen LogP contribution in [0.15, 0.2) is 0 Å². The van der Waals surface area contributed by atoms with E-state index in [2.05, 4.69) is 12.2 Å². The van der Waals surface area contributed by atoms with E-state index in [9.17, 15) is 4.79 Å². The Balaban J connectivity index is 2.32. The predicted octanol–water partition coefficient (Wildman–Crippen LogP) is 4.12. The average Bonchev–Trinajstić information content (AvgIpc) is 2.36. The first kappa shape index (κ1) is 15.8. The Morgan fingerprint density at radius 1 is 1.28 bits per heavy atom. The van der Waals surface area contributed by atoms with Gasteiger partial charge in [0.05, 0.1) is 0 Å². The van der Waals surface area contributed by atoms with Gasteiger partial charge in [-0.25, -0.2) is 0 Å². The fraction of sp³-hybridized carbons (Fsp3) is 0.933. The average molecular weight is 274 g/mol. The summed E-state index contributed by atoms with van der Waals surface area (Å²) in [6.45, 7) is 6.20. The second kappa shape index (κ2) is 7.37. The van der Waals surface area contributed by atoms with Crippen LogP contribution in [0.3, 0.4) is 0 Å². The summed E-state index contributed by atoms with van der Waals surface area (Å²) in [4.78, 5) is 12.1. The molecule has 0 aromatic rings.